The monoisotopic (exact) mass is 349 g/mol. The number of hydrogen-bond donors (Lipinski definition) is 1. The summed E-state index contributed by atoms with van der Waals surface area (Å²) in [6.07, 6.45) is 4.23. The van der Waals surface area contributed by atoms with Crippen LogP contribution >= 0.6 is 15.9 Å². The first-order valence-electron chi connectivity index (χ1n) is 7.05. The largest absolute Gasteiger partial charge is 0.356 e. The smallest absolute Gasteiger partial charge is 0.261 e. The maximum atomic E-state index is 12.3. The third-order valence-electron chi connectivity index (χ3n) is 3.65. The van der Waals surface area contributed by atoms with Gasteiger partial charge in [0.2, 0.25) is 5.91 Å². The summed E-state index contributed by atoms with van der Waals surface area (Å²) >= 11 is 3.35. The molecular formula is C15H16BrN3O2. The number of rotatable bonds is 5. The van der Waals surface area contributed by atoms with Crippen molar-refractivity contribution in [2.45, 2.75) is 25.8 Å². The van der Waals surface area contributed by atoms with E-state index in [9.17, 15) is 9.59 Å². The van der Waals surface area contributed by atoms with Crippen LogP contribution in [-0.4, -0.2) is 22.0 Å². The van der Waals surface area contributed by atoms with E-state index in [-0.39, 0.29) is 11.5 Å². The van der Waals surface area contributed by atoms with Gasteiger partial charge < -0.3 is 5.32 Å². The first-order chi connectivity index (χ1) is 10.1. The lowest BCUT2D eigenvalue weighted by Gasteiger charge is -2.07. The van der Waals surface area contributed by atoms with E-state index in [1.165, 1.54) is 23.7 Å². The van der Waals surface area contributed by atoms with Gasteiger partial charge in [0.05, 0.1) is 17.2 Å². The zero-order chi connectivity index (χ0) is 14.8. The van der Waals surface area contributed by atoms with Crippen molar-refractivity contribution in [1.29, 1.82) is 0 Å². The summed E-state index contributed by atoms with van der Waals surface area (Å²) in [6, 6.07) is 5.41. The van der Waals surface area contributed by atoms with E-state index in [1.54, 1.807) is 12.1 Å². The number of hydrogen-bond acceptors (Lipinski definition) is 3. The minimum absolute atomic E-state index is 0.0110. The van der Waals surface area contributed by atoms with Crippen LogP contribution in [0.4, 0.5) is 0 Å². The number of amides is 1. The van der Waals surface area contributed by atoms with Gasteiger partial charge in [0, 0.05) is 24.0 Å². The Morgan fingerprint density at radius 2 is 2.24 bits per heavy atom. The van der Waals surface area contributed by atoms with Gasteiger partial charge in [0.15, 0.2) is 0 Å². The molecule has 6 heteroatoms. The zero-order valence-corrected chi connectivity index (χ0v) is 13.1. The summed E-state index contributed by atoms with van der Waals surface area (Å²) in [5.41, 5.74) is 0.550. The summed E-state index contributed by atoms with van der Waals surface area (Å²) in [6.45, 7) is 1.11. The number of nitrogens with zero attached hydrogens (tertiary/aromatic N) is 2. The number of aromatic nitrogens is 2. The zero-order valence-electron chi connectivity index (χ0n) is 11.5. The SMILES string of the molecule is O=C(CCn1cnc2ccc(Br)cc2c1=O)NCC1CC1. The molecule has 0 aliphatic heterocycles. The molecule has 0 saturated heterocycles. The maximum Gasteiger partial charge on any atom is 0.261 e. The quantitative estimate of drug-likeness (QED) is 0.898. The third kappa shape index (κ3) is 3.50. The average Bonchev–Trinajstić information content (AvgIpc) is 3.29. The van der Waals surface area contributed by atoms with Gasteiger partial charge in [-0.05, 0) is 37.0 Å². The Hall–Kier alpha value is -1.69. The van der Waals surface area contributed by atoms with Gasteiger partial charge in [-0.2, -0.15) is 0 Å². The highest BCUT2D eigenvalue weighted by atomic mass is 79.9. The molecule has 0 atom stereocenters. The van der Waals surface area contributed by atoms with Crippen LogP contribution in [0, 0.1) is 5.92 Å². The highest BCUT2D eigenvalue weighted by Crippen LogP contribution is 2.27. The van der Waals surface area contributed by atoms with E-state index in [1.807, 2.05) is 6.07 Å². The lowest BCUT2D eigenvalue weighted by Crippen LogP contribution is -2.28. The number of fused-ring (bicyclic) bond motifs is 1. The number of benzene rings is 1. The van der Waals surface area contributed by atoms with Crippen LogP contribution in [0.15, 0.2) is 33.8 Å². The van der Waals surface area contributed by atoms with E-state index in [2.05, 4.69) is 26.2 Å². The molecule has 110 valence electrons. The van der Waals surface area contributed by atoms with Gasteiger partial charge in [-0.1, -0.05) is 15.9 Å². The summed E-state index contributed by atoms with van der Waals surface area (Å²) in [4.78, 5) is 28.3. The molecule has 3 rings (SSSR count). The van der Waals surface area contributed by atoms with Crippen molar-refractivity contribution in [3.63, 3.8) is 0 Å². The Morgan fingerprint density at radius 1 is 1.43 bits per heavy atom. The average molecular weight is 350 g/mol. The van der Waals surface area contributed by atoms with Gasteiger partial charge >= 0.3 is 0 Å². The fraction of sp³-hybridized carbons (Fsp3) is 0.400. The number of halogens is 1. The molecule has 0 radical (unpaired) electrons. The Bertz CT molecular complexity index is 737. The van der Waals surface area contributed by atoms with Crippen molar-refractivity contribution in [3.05, 3.63) is 39.4 Å². The second-order valence-electron chi connectivity index (χ2n) is 5.40. The number of nitrogens with one attached hydrogen (secondary N) is 1. The van der Waals surface area contributed by atoms with Crippen LogP contribution in [0.1, 0.15) is 19.3 Å². The molecule has 2 aromatic rings. The molecule has 0 unspecified atom stereocenters. The molecule has 1 N–H and O–H groups in total. The van der Waals surface area contributed by atoms with Crippen molar-refractivity contribution in [2.75, 3.05) is 6.54 Å². The van der Waals surface area contributed by atoms with Gasteiger partial charge in [-0.3, -0.25) is 14.2 Å². The highest BCUT2D eigenvalue weighted by Gasteiger charge is 2.21. The van der Waals surface area contributed by atoms with E-state index in [0.717, 1.165) is 11.0 Å². The minimum Gasteiger partial charge on any atom is -0.356 e. The molecule has 21 heavy (non-hydrogen) atoms. The molecule has 1 aromatic heterocycles. The van der Waals surface area contributed by atoms with Crippen molar-refractivity contribution < 1.29 is 4.79 Å². The molecule has 1 amide bonds. The highest BCUT2D eigenvalue weighted by molar-refractivity contribution is 9.10. The normalized spacial score (nSPS) is 14.3. The maximum absolute atomic E-state index is 12.3. The molecule has 0 spiro atoms. The minimum atomic E-state index is -0.115. The lowest BCUT2D eigenvalue weighted by atomic mass is 10.2. The Balaban J connectivity index is 1.70. The third-order valence-corrected chi connectivity index (χ3v) is 4.14. The van der Waals surface area contributed by atoms with Crippen molar-refractivity contribution in [2.24, 2.45) is 5.92 Å². The fourth-order valence-electron chi connectivity index (χ4n) is 2.18. The van der Waals surface area contributed by atoms with Crippen LogP contribution in [0.25, 0.3) is 10.9 Å². The summed E-state index contributed by atoms with van der Waals surface area (Å²) < 4.78 is 2.33. The predicted molar refractivity (Wildman–Crippen MR) is 84.1 cm³/mol. The molecule has 0 bridgehead atoms. The van der Waals surface area contributed by atoms with E-state index in [0.29, 0.717) is 29.8 Å². The lowest BCUT2D eigenvalue weighted by molar-refractivity contribution is -0.121. The number of aryl methyl sites for hydroxylation is 1. The fourth-order valence-corrected chi connectivity index (χ4v) is 2.54. The summed E-state index contributed by atoms with van der Waals surface area (Å²) in [5.74, 6) is 0.652. The van der Waals surface area contributed by atoms with Gasteiger partial charge in [0.1, 0.15) is 0 Å². The van der Waals surface area contributed by atoms with E-state index in [4.69, 9.17) is 0 Å². The predicted octanol–water partition coefficient (Wildman–Crippen LogP) is 2.08. The van der Waals surface area contributed by atoms with Crippen molar-refractivity contribution in [3.8, 4) is 0 Å². The van der Waals surface area contributed by atoms with Crippen LogP contribution < -0.4 is 10.9 Å². The Morgan fingerprint density at radius 3 is 3.00 bits per heavy atom. The molecule has 1 saturated carbocycles. The molecule has 1 aliphatic carbocycles. The van der Waals surface area contributed by atoms with Crippen LogP contribution in [-0.2, 0) is 11.3 Å². The molecule has 1 heterocycles. The van der Waals surface area contributed by atoms with Crippen molar-refractivity contribution in [1.82, 2.24) is 14.9 Å². The van der Waals surface area contributed by atoms with Gasteiger partial charge in [-0.15, -0.1) is 0 Å². The van der Waals surface area contributed by atoms with Gasteiger partial charge in [-0.25, -0.2) is 4.98 Å². The molecular weight excluding hydrogens is 334 g/mol. The van der Waals surface area contributed by atoms with Crippen molar-refractivity contribution >= 4 is 32.7 Å². The number of carbonyl (C=O) groups is 1. The van der Waals surface area contributed by atoms with Crippen LogP contribution in [0.5, 0.6) is 0 Å². The molecule has 1 fully saturated rings. The topological polar surface area (TPSA) is 64.0 Å². The standard InChI is InChI=1S/C15H16BrN3O2/c16-11-3-4-13-12(7-11)15(21)19(9-18-13)6-5-14(20)17-8-10-1-2-10/h3-4,7,9-10H,1-2,5-6,8H2,(H,17,20). The van der Waals surface area contributed by atoms with Crippen LogP contribution in [0.2, 0.25) is 0 Å². The summed E-state index contributed by atoms with van der Waals surface area (Å²) in [7, 11) is 0. The van der Waals surface area contributed by atoms with Crippen LogP contribution in [0.3, 0.4) is 0 Å². The molecule has 1 aliphatic rings. The molecule has 1 aromatic carbocycles. The second-order valence-corrected chi connectivity index (χ2v) is 6.32. The summed E-state index contributed by atoms with van der Waals surface area (Å²) in [5, 5.41) is 3.46. The second kappa shape index (κ2) is 5.97. The van der Waals surface area contributed by atoms with Gasteiger partial charge in [0.25, 0.3) is 5.56 Å². The number of carbonyl (C=O) groups excluding carboxylic acids is 1. The first kappa shape index (κ1) is 14.3. The van der Waals surface area contributed by atoms with E-state index < -0.39 is 0 Å². The Labute approximate surface area is 130 Å². The molecule has 5 nitrogen and oxygen atoms in total. The Kier molecular flexibility index (Phi) is 4.05. The first-order valence-corrected chi connectivity index (χ1v) is 7.84. The van der Waals surface area contributed by atoms with E-state index >= 15 is 0 Å².